The van der Waals surface area contributed by atoms with Gasteiger partial charge in [0, 0.05) is 19.6 Å². The summed E-state index contributed by atoms with van der Waals surface area (Å²) in [7, 11) is 0. The number of fused-ring (bicyclic) bond motifs is 1. The molecule has 9 heteroatoms. The number of para-hydroxylation sites is 1. The summed E-state index contributed by atoms with van der Waals surface area (Å²) in [5, 5.41) is 0. The van der Waals surface area contributed by atoms with Gasteiger partial charge in [-0.15, -0.1) is 0 Å². The molecule has 1 atom stereocenters. The number of ether oxygens (including phenoxy) is 2. The number of benzene rings is 1. The van der Waals surface area contributed by atoms with Crippen LogP contribution in [0.15, 0.2) is 35.1 Å². The third-order valence-corrected chi connectivity index (χ3v) is 6.57. The molecule has 0 spiro atoms. The maximum absolute atomic E-state index is 12.5. The lowest BCUT2D eigenvalue weighted by Gasteiger charge is -2.35. The highest BCUT2D eigenvalue weighted by Gasteiger charge is 2.24. The Balaban J connectivity index is 1.28. The maximum atomic E-state index is 12.5. The topological polar surface area (TPSA) is 111 Å². The van der Waals surface area contributed by atoms with Crippen LogP contribution in [0.25, 0.3) is 11.2 Å². The average Bonchev–Trinajstić information content (AvgIpc) is 3.16. The Labute approximate surface area is 200 Å². The Hall–Kier alpha value is -3.07. The number of rotatable bonds is 11. The molecule has 34 heavy (non-hydrogen) atoms. The Kier molecular flexibility index (Phi) is 8.05. The van der Waals surface area contributed by atoms with Crippen molar-refractivity contribution in [1.29, 1.82) is 0 Å². The number of nitrogen functional groups attached to an aromatic ring is 1. The number of nitrogens with one attached hydrogen (secondary N) is 1. The molecule has 0 saturated carbocycles. The minimum atomic E-state index is -0.205. The van der Waals surface area contributed by atoms with Crippen molar-refractivity contribution in [3.63, 3.8) is 0 Å². The highest BCUT2D eigenvalue weighted by molar-refractivity contribution is 5.81. The Morgan fingerprint density at radius 2 is 1.94 bits per heavy atom. The second-order valence-corrected chi connectivity index (χ2v) is 9.03. The van der Waals surface area contributed by atoms with Crippen LogP contribution in [0, 0.1) is 5.92 Å². The molecule has 0 bridgehead atoms. The number of unbranched alkanes of at least 4 members (excludes halogenated alkanes) is 1. The molecule has 1 aromatic carbocycles. The molecular weight excluding hydrogens is 432 g/mol. The van der Waals surface area contributed by atoms with Gasteiger partial charge in [0.2, 0.25) is 0 Å². The molecule has 1 fully saturated rings. The number of H-pyrrole nitrogens is 1. The van der Waals surface area contributed by atoms with Crippen LogP contribution >= 0.6 is 0 Å². The van der Waals surface area contributed by atoms with Crippen molar-refractivity contribution in [2.24, 2.45) is 5.92 Å². The molecule has 1 aliphatic heterocycles. The average molecular weight is 469 g/mol. The molecule has 0 radical (unpaired) electrons. The van der Waals surface area contributed by atoms with Gasteiger partial charge in [-0.25, -0.2) is 4.79 Å². The summed E-state index contributed by atoms with van der Waals surface area (Å²) in [6, 6.07) is 10.2. The minimum Gasteiger partial charge on any atom is -0.475 e. The van der Waals surface area contributed by atoms with Gasteiger partial charge in [-0.2, -0.15) is 9.97 Å². The van der Waals surface area contributed by atoms with Crippen LogP contribution in [0.2, 0.25) is 0 Å². The molecule has 2 aromatic heterocycles. The van der Waals surface area contributed by atoms with Crippen LogP contribution in [-0.2, 0) is 6.54 Å². The predicted molar refractivity (Wildman–Crippen MR) is 133 cm³/mol. The van der Waals surface area contributed by atoms with E-state index in [0.29, 0.717) is 30.2 Å². The number of nitrogens with zero attached hydrogens (tertiary/aromatic N) is 4. The largest absolute Gasteiger partial charge is 0.475 e. The van der Waals surface area contributed by atoms with E-state index in [-0.39, 0.29) is 23.7 Å². The summed E-state index contributed by atoms with van der Waals surface area (Å²) in [5.74, 6) is 1.80. The van der Waals surface area contributed by atoms with Gasteiger partial charge in [-0.3, -0.25) is 9.47 Å². The van der Waals surface area contributed by atoms with Gasteiger partial charge in [-0.1, -0.05) is 31.5 Å². The van der Waals surface area contributed by atoms with Crippen molar-refractivity contribution >= 4 is 17.0 Å². The number of hydrogen-bond acceptors (Lipinski definition) is 7. The van der Waals surface area contributed by atoms with Crippen molar-refractivity contribution < 1.29 is 9.47 Å². The molecule has 184 valence electrons. The summed E-state index contributed by atoms with van der Waals surface area (Å²) < 4.78 is 13.4. The fourth-order valence-electron chi connectivity index (χ4n) is 4.52. The van der Waals surface area contributed by atoms with Gasteiger partial charge in [0.1, 0.15) is 17.5 Å². The number of aromatic amines is 1. The number of piperidine rings is 1. The molecule has 3 aromatic rings. The van der Waals surface area contributed by atoms with Crippen LogP contribution in [0.1, 0.15) is 52.4 Å². The predicted octanol–water partition coefficient (Wildman–Crippen LogP) is 3.80. The van der Waals surface area contributed by atoms with Crippen molar-refractivity contribution in [1.82, 2.24) is 24.4 Å². The van der Waals surface area contributed by atoms with Gasteiger partial charge in [0.05, 0.1) is 6.61 Å². The Morgan fingerprint density at radius 1 is 1.18 bits per heavy atom. The molecule has 9 nitrogen and oxygen atoms in total. The van der Waals surface area contributed by atoms with Crippen LogP contribution in [0.5, 0.6) is 11.8 Å². The maximum Gasteiger partial charge on any atom is 0.327 e. The summed E-state index contributed by atoms with van der Waals surface area (Å²) in [6.45, 7) is 7.38. The highest BCUT2D eigenvalue weighted by Crippen LogP contribution is 2.25. The molecule has 0 aliphatic carbocycles. The van der Waals surface area contributed by atoms with E-state index in [0.717, 1.165) is 57.4 Å². The van der Waals surface area contributed by atoms with Crippen molar-refractivity contribution in [2.45, 2.75) is 65.1 Å². The third-order valence-electron chi connectivity index (χ3n) is 6.57. The number of hydrogen-bond donors (Lipinski definition) is 2. The second kappa shape index (κ2) is 11.4. The van der Waals surface area contributed by atoms with Gasteiger partial charge >= 0.3 is 11.7 Å². The lowest BCUT2D eigenvalue weighted by atomic mass is 9.92. The standard InChI is InChI=1S/C25H36N6O3/c1-3-4-17-33-24-28-22(26)21-23(29-24)31(25(32)27-21)14-8-9-19-12-15-30(16-13-19)18(2)34-20-10-6-5-7-11-20/h5-7,10-11,18-19H,3-4,8-9,12-17H2,1-2H3,(H,27,32)(H2,26,28,29). The van der Waals surface area contributed by atoms with E-state index in [1.54, 1.807) is 4.57 Å². The lowest BCUT2D eigenvalue weighted by Crippen LogP contribution is -2.42. The summed E-state index contributed by atoms with van der Waals surface area (Å²) >= 11 is 0. The normalized spacial score (nSPS) is 16.1. The second-order valence-electron chi connectivity index (χ2n) is 9.03. The SMILES string of the molecule is CCCCOc1nc(N)c2[nH]c(=O)n(CCCC3CCN(C(C)Oc4ccccc4)CC3)c2n1. The van der Waals surface area contributed by atoms with E-state index >= 15 is 0 Å². The number of anilines is 1. The summed E-state index contributed by atoms with van der Waals surface area (Å²) in [4.78, 5) is 26.4. The number of aryl methyl sites for hydroxylation is 1. The van der Waals surface area contributed by atoms with Gasteiger partial charge in [0.15, 0.2) is 11.5 Å². The van der Waals surface area contributed by atoms with E-state index in [9.17, 15) is 4.79 Å². The lowest BCUT2D eigenvalue weighted by molar-refractivity contribution is 0.0138. The molecule has 1 aliphatic rings. The first kappa shape index (κ1) is 24.1. The molecule has 1 unspecified atom stereocenters. The molecule has 3 heterocycles. The molecule has 1 saturated heterocycles. The van der Waals surface area contributed by atoms with Crippen LogP contribution in [-0.4, -0.2) is 50.3 Å². The Morgan fingerprint density at radius 3 is 2.68 bits per heavy atom. The van der Waals surface area contributed by atoms with Gasteiger partial charge in [0.25, 0.3) is 0 Å². The van der Waals surface area contributed by atoms with E-state index in [1.807, 2.05) is 30.3 Å². The first-order valence-electron chi connectivity index (χ1n) is 12.4. The molecular formula is C25H36N6O3. The first-order valence-corrected chi connectivity index (χ1v) is 12.4. The zero-order chi connectivity index (χ0) is 23.9. The van der Waals surface area contributed by atoms with Gasteiger partial charge in [-0.05, 0) is 57.1 Å². The van der Waals surface area contributed by atoms with E-state index < -0.39 is 0 Å². The number of aromatic nitrogens is 4. The van der Waals surface area contributed by atoms with E-state index in [2.05, 4.69) is 33.7 Å². The molecule has 4 rings (SSSR count). The minimum absolute atomic E-state index is 0.0621. The van der Waals surface area contributed by atoms with Crippen molar-refractivity contribution in [3.05, 3.63) is 40.8 Å². The third kappa shape index (κ3) is 5.88. The summed E-state index contributed by atoms with van der Waals surface area (Å²) in [5.41, 5.74) is 6.84. The highest BCUT2D eigenvalue weighted by atomic mass is 16.5. The van der Waals surface area contributed by atoms with Crippen LogP contribution < -0.4 is 20.9 Å². The Bertz CT molecular complexity index is 1110. The van der Waals surface area contributed by atoms with E-state index in [4.69, 9.17) is 15.2 Å². The van der Waals surface area contributed by atoms with Crippen molar-refractivity contribution in [3.8, 4) is 11.8 Å². The number of likely N-dealkylation sites (tertiary alicyclic amines) is 1. The zero-order valence-electron chi connectivity index (χ0n) is 20.2. The fourth-order valence-corrected chi connectivity index (χ4v) is 4.52. The van der Waals surface area contributed by atoms with Gasteiger partial charge < -0.3 is 20.2 Å². The fraction of sp³-hybridized carbons (Fsp3) is 0.560. The zero-order valence-corrected chi connectivity index (χ0v) is 20.2. The van der Waals surface area contributed by atoms with Crippen LogP contribution in [0.3, 0.4) is 0 Å². The monoisotopic (exact) mass is 468 g/mol. The number of nitrogens with two attached hydrogens (primary N) is 1. The molecule has 3 N–H and O–H groups in total. The number of imidazole rings is 1. The van der Waals surface area contributed by atoms with E-state index in [1.165, 1.54) is 0 Å². The smallest absolute Gasteiger partial charge is 0.327 e. The quantitative estimate of drug-likeness (QED) is 0.412. The molecule has 0 amide bonds. The van der Waals surface area contributed by atoms with Crippen molar-refractivity contribution in [2.75, 3.05) is 25.4 Å². The first-order chi connectivity index (χ1) is 16.5. The summed E-state index contributed by atoms with van der Waals surface area (Å²) in [6.07, 6.45) is 6.24. The van der Waals surface area contributed by atoms with Crippen LogP contribution in [0.4, 0.5) is 5.82 Å².